The lowest BCUT2D eigenvalue weighted by atomic mass is 10.2. The Balaban J connectivity index is 2.27. The number of carboxylic acids is 1. The van der Waals surface area contributed by atoms with Crippen molar-refractivity contribution in [2.24, 2.45) is 0 Å². The van der Waals surface area contributed by atoms with Gasteiger partial charge in [-0.15, -0.1) is 0 Å². The van der Waals surface area contributed by atoms with Crippen LogP contribution in [-0.4, -0.2) is 21.0 Å². The average molecular weight is 329 g/mol. The SMILES string of the molecule is O=C(O)c1ccc(Nc2cncc(Cl)n2)c(Br)c1. The average Bonchev–Trinajstić information content (AvgIpc) is 2.31. The van der Waals surface area contributed by atoms with Gasteiger partial charge in [0.1, 0.15) is 5.15 Å². The highest BCUT2D eigenvalue weighted by molar-refractivity contribution is 9.10. The van der Waals surface area contributed by atoms with Crippen molar-refractivity contribution in [1.82, 2.24) is 9.97 Å². The van der Waals surface area contributed by atoms with E-state index in [9.17, 15) is 4.79 Å². The Morgan fingerprint density at radius 3 is 2.78 bits per heavy atom. The van der Waals surface area contributed by atoms with Crippen LogP contribution in [0.25, 0.3) is 0 Å². The second-order valence-corrected chi connectivity index (χ2v) is 4.59. The molecule has 2 aromatic rings. The van der Waals surface area contributed by atoms with Gasteiger partial charge in [0, 0.05) is 4.47 Å². The largest absolute Gasteiger partial charge is 0.478 e. The van der Waals surface area contributed by atoms with E-state index in [0.717, 1.165) is 0 Å². The molecule has 18 heavy (non-hydrogen) atoms. The minimum Gasteiger partial charge on any atom is -0.478 e. The molecule has 7 heteroatoms. The number of hydrogen-bond acceptors (Lipinski definition) is 4. The summed E-state index contributed by atoms with van der Waals surface area (Å²) in [6.07, 6.45) is 2.94. The van der Waals surface area contributed by atoms with Crippen molar-refractivity contribution in [3.63, 3.8) is 0 Å². The minimum atomic E-state index is -0.982. The topological polar surface area (TPSA) is 75.1 Å². The minimum absolute atomic E-state index is 0.199. The summed E-state index contributed by atoms with van der Waals surface area (Å²) in [5.74, 6) is -0.504. The molecule has 2 rings (SSSR count). The third-order valence-electron chi connectivity index (χ3n) is 2.08. The number of anilines is 2. The number of benzene rings is 1. The molecule has 1 heterocycles. The van der Waals surface area contributed by atoms with Crippen LogP contribution in [0.2, 0.25) is 5.15 Å². The molecule has 0 saturated heterocycles. The van der Waals surface area contributed by atoms with Gasteiger partial charge in [-0.25, -0.2) is 9.78 Å². The number of hydrogen-bond donors (Lipinski definition) is 2. The molecule has 0 aliphatic rings. The van der Waals surface area contributed by atoms with Crippen LogP contribution in [-0.2, 0) is 0 Å². The summed E-state index contributed by atoms with van der Waals surface area (Å²) in [6.45, 7) is 0. The third kappa shape index (κ3) is 2.96. The van der Waals surface area contributed by atoms with Gasteiger partial charge in [-0.1, -0.05) is 11.6 Å². The van der Waals surface area contributed by atoms with Crippen molar-refractivity contribution < 1.29 is 9.90 Å². The van der Waals surface area contributed by atoms with Crippen LogP contribution >= 0.6 is 27.5 Å². The van der Waals surface area contributed by atoms with Crippen LogP contribution < -0.4 is 5.32 Å². The van der Waals surface area contributed by atoms with Crippen molar-refractivity contribution in [2.45, 2.75) is 0 Å². The highest BCUT2D eigenvalue weighted by Crippen LogP contribution is 2.26. The molecule has 0 saturated carbocycles. The van der Waals surface area contributed by atoms with E-state index in [0.29, 0.717) is 16.0 Å². The zero-order valence-corrected chi connectivity index (χ0v) is 11.2. The van der Waals surface area contributed by atoms with Gasteiger partial charge in [0.2, 0.25) is 0 Å². The Kier molecular flexibility index (Phi) is 3.78. The Labute approximate surface area is 116 Å². The number of aromatic nitrogens is 2. The molecule has 0 atom stereocenters. The summed E-state index contributed by atoms with van der Waals surface area (Å²) in [5.41, 5.74) is 0.876. The van der Waals surface area contributed by atoms with E-state index in [1.165, 1.54) is 24.5 Å². The number of nitrogens with zero attached hydrogens (tertiary/aromatic N) is 2. The van der Waals surface area contributed by atoms with Gasteiger partial charge >= 0.3 is 5.97 Å². The highest BCUT2D eigenvalue weighted by atomic mass is 79.9. The monoisotopic (exact) mass is 327 g/mol. The Bertz CT molecular complexity index is 607. The lowest BCUT2D eigenvalue weighted by Gasteiger charge is -2.08. The number of halogens is 2. The van der Waals surface area contributed by atoms with E-state index in [1.807, 2.05) is 0 Å². The lowest BCUT2D eigenvalue weighted by molar-refractivity contribution is 0.0697. The molecule has 0 aliphatic carbocycles. The van der Waals surface area contributed by atoms with Crippen molar-refractivity contribution >= 4 is 45.0 Å². The standard InChI is InChI=1S/C11H7BrClN3O2/c12-7-3-6(11(17)18)1-2-8(7)15-10-5-14-4-9(13)16-10/h1-5H,(H,15,16)(H,17,18). The second-order valence-electron chi connectivity index (χ2n) is 3.35. The molecular formula is C11H7BrClN3O2. The maximum atomic E-state index is 10.8. The van der Waals surface area contributed by atoms with Gasteiger partial charge in [0.05, 0.1) is 23.6 Å². The Hall–Kier alpha value is -1.66. The molecule has 0 radical (unpaired) electrons. The van der Waals surface area contributed by atoms with Crippen LogP contribution in [0.15, 0.2) is 35.1 Å². The number of nitrogens with one attached hydrogen (secondary N) is 1. The summed E-state index contributed by atoms with van der Waals surface area (Å²) >= 11 is 9.00. The van der Waals surface area contributed by atoms with Crippen LogP contribution in [0, 0.1) is 0 Å². The summed E-state index contributed by atoms with van der Waals surface area (Å²) in [6, 6.07) is 4.63. The van der Waals surface area contributed by atoms with Crippen LogP contribution in [0.3, 0.4) is 0 Å². The van der Waals surface area contributed by atoms with Crippen LogP contribution in [0.1, 0.15) is 10.4 Å². The zero-order chi connectivity index (χ0) is 13.1. The summed E-state index contributed by atoms with van der Waals surface area (Å²) in [5, 5.41) is 12.1. The lowest BCUT2D eigenvalue weighted by Crippen LogP contribution is -1.99. The predicted octanol–water partition coefficient (Wildman–Crippen LogP) is 3.33. The van der Waals surface area contributed by atoms with Crippen molar-refractivity contribution in [1.29, 1.82) is 0 Å². The van der Waals surface area contributed by atoms with Crippen LogP contribution in [0.5, 0.6) is 0 Å². The molecule has 0 spiro atoms. The van der Waals surface area contributed by atoms with E-state index in [1.54, 1.807) is 6.07 Å². The quantitative estimate of drug-likeness (QED) is 0.904. The fourth-order valence-corrected chi connectivity index (χ4v) is 1.92. The summed E-state index contributed by atoms with van der Waals surface area (Å²) < 4.78 is 0.615. The maximum absolute atomic E-state index is 10.8. The van der Waals surface area contributed by atoms with E-state index in [-0.39, 0.29) is 10.7 Å². The highest BCUT2D eigenvalue weighted by Gasteiger charge is 2.07. The van der Waals surface area contributed by atoms with Gasteiger partial charge < -0.3 is 10.4 Å². The van der Waals surface area contributed by atoms with E-state index < -0.39 is 5.97 Å². The Morgan fingerprint density at radius 1 is 1.39 bits per heavy atom. The molecule has 92 valence electrons. The van der Waals surface area contributed by atoms with Gasteiger partial charge in [-0.3, -0.25) is 4.98 Å². The molecule has 0 aliphatic heterocycles. The molecule has 0 fully saturated rings. The van der Waals surface area contributed by atoms with Crippen LogP contribution in [0.4, 0.5) is 11.5 Å². The van der Waals surface area contributed by atoms with Gasteiger partial charge in [0.25, 0.3) is 0 Å². The number of rotatable bonds is 3. The molecule has 0 bridgehead atoms. The fraction of sp³-hybridized carbons (Fsp3) is 0. The normalized spacial score (nSPS) is 10.1. The Morgan fingerprint density at radius 2 is 2.17 bits per heavy atom. The van der Waals surface area contributed by atoms with Crippen molar-refractivity contribution in [3.05, 3.63) is 45.8 Å². The smallest absolute Gasteiger partial charge is 0.335 e. The fourth-order valence-electron chi connectivity index (χ4n) is 1.29. The molecular weight excluding hydrogens is 321 g/mol. The number of aromatic carboxylic acids is 1. The summed E-state index contributed by atoms with van der Waals surface area (Å²) in [4.78, 5) is 18.7. The number of carbonyl (C=O) groups is 1. The first-order valence-electron chi connectivity index (χ1n) is 4.83. The van der Waals surface area contributed by atoms with E-state index >= 15 is 0 Å². The second kappa shape index (κ2) is 5.32. The van der Waals surface area contributed by atoms with Crippen molar-refractivity contribution in [3.8, 4) is 0 Å². The third-order valence-corrected chi connectivity index (χ3v) is 2.92. The van der Waals surface area contributed by atoms with E-state index in [2.05, 4.69) is 31.2 Å². The zero-order valence-electron chi connectivity index (χ0n) is 8.89. The molecule has 1 aromatic heterocycles. The molecule has 5 nitrogen and oxygen atoms in total. The predicted molar refractivity (Wildman–Crippen MR) is 71.4 cm³/mol. The summed E-state index contributed by atoms with van der Waals surface area (Å²) in [7, 11) is 0. The molecule has 0 unspecified atom stereocenters. The first-order valence-corrected chi connectivity index (χ1v) is 6.01. The van der Waals surface area contributed by atoms with Gasteiger partial charge in [0.15, 0.2) is 5.82 Å². The molecule has 2 N–H and O–H groups in total. The van der Waals surface area contributed by atoms with Crippen molar-refractivity contribution in [2.75, 3.05) is 5.32 Å². The molecule has 1 aromatic carbocycles. The van der Waals surface area contributed by atoms with Gasteiger partial charge in [-0.2, -0.15) is 0 Å². The molecule has 0 amide bonds. The van der Waals surface area contributed by atoms with E-state index in [4.69, 9.17) is 16.7 Å². The first kappa shape index (κ1) is 12.8. The maximum Gasteiger partial charge on any atom is 0.335 e. The first-order chi connectivity index (χ1) is 8.56. The van der Waals surface area contributed by atoms with Gasteiger partial charge in [-0.05, 0) is 34.1 Å². The number of carboxylic acid groups (broad SMARTS) is 1.